The molecule has 1 atom stereocenters. The largest absolute Gasteiger partial charge is 0.338 e. The fraction of sp³-hybridized carbons (Fsp3) is 0.733. The van der Waals surface area contributed by atoms with Gasteiger partial charge in [0.05, 0.1) is 6.54 Å². The summed E-state index contributed by atoms with van der Waals surface area (Å²) in [5, 5.41) is 3.40. The van der Waals surface area contributed by atoms with Crippen molar-refractivity contribution in [2.24, 2.45) is 18.4 Å². The van der Waals surface area contributed by atoms with Gasteiger partial charge in [-0.3, -0.25) is 4.79 Å². The zero-order chi connectivity index (χ0) is 14.8. The molecule has 1 N–H and O–H groups in total. The average molecular weight is 278 g/mol. The van der Waals surface area contributed by atoms with E-state index >= 15 is 0 Å². The number of carbonyl (C=O) groups excluding carboxylic acids is 1. The number of aryl methyl sites for hydroxylation is 1. The molecule has 20 heavy (non-hydrogen) atoms. The Hall–Kier alpha value is -1.36. The van der Waals surface area contributed by atoms with Crippen molar-refractivity contribution in [3.63, 3.8) is 0 Å². The van der Waals surface area contributed by atoms with Gasteiger partial charge in [0.1, 0.15) is 5.82 Å². The van der Waals surface area contributed by atoms with Crippen molar-refractivity contribution in [2.75, 3.05) is 20.1 Å². The Kier molecular flexibility index (Phi) is 4.48. The number of aromatic nitrogens is 2. The van der Waals surface area contributed by atoms with Gasteiger partial charge >= 0.3 is 0 Å². The number of imidazole rings is 1. The summed E-state index contributed by atoms with van der Waals surface area (Å²) in [6.45, 7) is 6.72. The summed E-state index contributed by atoms with van der Waals surface area (Å²) in [7, 11) is 3.83. The molecule has 112 valence electrons. The van der Waals surface area contributed by atoms with Crippen molar-refractivity contribution < 1.29 is 4.79 Å². The standard InChI is InChI=1S/C15H26N4O/c1-15(2,12-6-5-7-16-10-12)14(20)19(4)11-13-17-8-9-18(13)3/h8-9,12,16H,5-7,10-11H2,1-4H3. The topological polar surface area (TPSA) is 50.2 Å². The Balaban J connectivity index is 2.03. The minimum Gasteiger partial charge on any atom is -0.338 e. The molecule has 0 bridgehead atoms. The van der Waals surface area contributed by atoms with E-state index in [1.54, 1.807) is 11.1 Å². The fourth-order valence-corrected chi connectivity index (χ4v) is 2.97. The molecule has 0 spiro atoms. The molecule has 2 heterocycles. The summed E-state index contributed by atoms with van der Waals surface area (Å²) in [5.74, 6) is 1.53. The van der Waals surface area contributed by atoms with Gasteiger partial charge in [0, 0.05) is 31.9 Å². The maximum absolute atomic E-state index is 12.8. The number of hydrogen-bond donors (Lipinski definition) is 1. The van der Waals surface area contributed by atoms with Crippen LogP contribution in [0.3, 0.4) is 0 Å². The maximum Gasteiger partial charge on any atom is 0.228 e. The zero-order valence-corrected chi connectivity index (χ0v) is 13.0. The van der Waals surface area contributed by atoms with E-state index < -0.39 is 0 Å². The predicted molar refractivity (Wildman–Crippen MR) is 79.1 cm³/mol. The van der Waals surface area contributed by atoms with Crippen LogP contribution in [0, 0.1) is 11.3 Å². The molecule has 2 rings (SSSR count). The Morgan fingerprint density at radius 2 is 2.35 bits per heavy atom. The van der Waals surface area contributed by atoms with Gasteiger partial charge in [0.25, 0.3) is 0 Å². The Morgan fingerprint density at radius 3 is 2.90 bits per heavy atom. The van der Waals surface area contributed by atoms with Crippen LogP contribution >= 0.6 is 0 Å². The highest BCUT2D eigenvalue weighted by atomic mass is 16.2. The van der Waals surface area contributed by atoms with Crippen LogP contribution in [-0.2, 0) is 18.4 Å². The van der Waals surface area contributed by atoms with Crippen LogP contribution in [0.15, 0.2) is 12.4 Å². The lowest BCUT2D eigenvalue weighted by Gasteiger charge is -2.38. The Labute approximate surface area is 121 Å². The van der Waals surface area contributed by atoms with E-state index in [1.165, 1.54) is 0 Å². The molecule has 1 aromatic rings. The smallest absolute Gasteiger partial charge is 0.228 e. The van der Waals surface area contributed by atoms with E-state index in [2.05, 4.69) is 24.1 Å². The number of hydrogen-bond acceptors (Lipinski definition) is 3. The summed E-state index contributed by atoms with van der Waals surface area (Å²) in [4.78, 5) is 18.9. The van der Waals surface area contributed by atoms with E-state index in [0.717, 1.165) is 31.8 Å². The quantitative estimate of drug-likeness (QED) is 0.906. The van der Waals surface area contributed by atoms with Gasteiger partial charge in [-0.1, -0.05) is 13.8 Å². The number of nitrogens with one attached hydrogen (secondary N) is 1. The minimum absolute atomic E-state index is 0.203. The van der Waals surface area contributed by atoms with Crippen molar-refractivity contribution in [3.8, 4) is 0 Å². The highest BCUT2D eigenvalue weighted by molar-refractivity contribution is 5.82. The third-order valence-corrected chi connectivity index (χ3v) is 4.51. The second kappa shape index (κ2) is 5.95. The van der Waals surface area contributed by atoms with E-state index in [4.69, 9.17) is 0 Å². The van der Waals surface area contributed by atoms with Gasteiger partial charge in [-0.2, -0.15) is 0 Å². The van der Waals surface area contributed by atoms with Crippen LogP contribution in [0.5, 0.6) is 0 Å². The fourth-order valence-electron chi connectivity index (χ4n) is 2.97. The second-order valence-electron chi connectivity index (χ2n) is 6.38. The number of nitrogens with zero attached hydrogens (tertiary/aromatic N) is 3. The number of carbonyl (C=O) groups is 1. The molecule has 0 aromatic carbocycles. The van der Waals surface area contributed by atoms with Crippen molar-refractivity contribution in [2.45, 2.75) is 33.2 Å². The van der Waals surface area contributed by atoms with Crippen LogP contribution in [0.2, 0.25) is 0 Å². The third kappa shape index (κ3) is 3.03. The normalized spacial score (nSPS) is 19.9. The first-order valence-corrected chi connectivity index (χ1v) is 7.35. The number of amides is 1. The first kappa shape index (κ1) is 15.0. The van der Waals surface area contributed by atoms with Gasteiger partial charge in [-0.05, 0) is 31.8 Å². The van der Waals surface area contributed by atoms with Crippen LogP contribution in [0.1, 0.15) is 32.5 Å². The molecule has 1 aromatic heterocycles. The van der Waals surface area contributed by atoms with Crippen molar-refractivity contribution in [1.82, 2.24) is 19.8 Å². The molecule has 0 radical (unpaired) electrons. The molecule has 0 aliphatic carbocycles. The van der Waals surface area contributed by atoms with Crippen molar-refractivity contribution >= 4 is 5.91 Å². The molecular weight excluding hydrogens is 252 g/mol. The van der Waals surface area contributed by atoms with Gasteiger partial charge in [0.2, 0.25) is 5.91 Å². The highest BCUT2D eigenvalue weighted by Gasteiger charge is 2.39. The Bertz CT molecular complexity index is 460. The summed E-state index contributed by atoms with van der Waals surface area (Å²) in [6.07, 6.45) is 5.96. The lowest BCUT2D eigenvalue weighted by Crippen LogP contribution is -2.47. The predicted octanol–water partition coefficient (Wildman–Crippen LogP) is 1.40. The number of rotatable bonds is 4. The third-order valence-electron chi connectivity index (χ3n) is 4.51. The first-order chi connectivity index (χ1) is 9.43. The maximum atomic E-state index is 12.8. The molecule has 1 unspecified atom stereocenters. The van der Waals surface area contributed by atoms with Gasteiger partial charge in [0.15, 0.2) is 0 Å². The Morgan fingerprint density at radius 1 is 1.60 bits per heavy atom. The lowest BCUT2D eigenvalue weighted by atomic mass is 9.74. The molecular formula is C15H26N4O. The summed E-state index contributed by atoms with van der Waals surface area (Å²) < 4.78 is 1.96. The average Bonchev–Trinajstić information content (AvgIpc) is 2.84. The molecule has 1 aliphatic rings. The summed E-state index contributed by atoms with van der Waals surface area (Å²) >= 11 is 0. The molecule has 5 nitrogen and oxygen atoms in total. The van der Waals surface area contributed by atoms with E-state index in [-0.39, 0.29) is 11.3 Å². The van der Waals surface area contributed by atoms with E-state index in [0.29, 0.717) is 12.5 Å². The summed E-state index contributed by atoms with van der Waals surface area (Å²) in [5.41, 5.74) is -0.326. The van der Waals surface area contributed by atoms with Gasteiger partial charge in [-0.15, -0.1) is 0 Å². The van der Waals surface area contributed by atoms with Crippen LogP contribution in [-0.4, -0.2) is 40.5 Å². The molecule has 1 aliphatic heterocycles. The molecule has 1 amide bonds. The van der Waals surface area contributed by atoms with E-state index in [9.17, 15) is 4.79 Å². The van der Waals surface area contributed by atoms with Crippen LogP contribution in [0.4, 0.5) is 0 Å². The van der Waals surface area contributed by atoms with Crippen molar-refractivity contribution in [3.05, 3.63) is 18.2 Å². The minimum atomic E-state index is -0.326. The van der Waals surface area contributed by atoms with Gasteiger partial charge in [-0.25, -0.2) is 4.98 Å². The van der Waals surface area contributed by atoms with Gasteiger partial charge < -0.3 is 14.8 Å². The van der Waals surface area contributed by atoms with Crippen LogP contribution in [0.25, 0.3) is 0 Å². The molecule has 0 saturated carbocycles. The molecule has 5 heteroatoms. The van der Waals surface area contributed by atoms with E-state index in [1.807, 2.05) is 24.9 Å². The molecule has 1 fully saturated rings. The monoisotopic (exact) mass is 278 g/mol. The zero-order valence-electron chi connectivity index (χ0n) is 13.0. The second-order valence-corrected chi connectivity index (χ2v) is 6.38. The number of piperidine rings is 1. The lowest BCUT2D eigenvalue weighted by molar-refractivity contribution is -0.143. The SMILES string of the molecule is CN(Cc1nccn1C)C(=O)C(C)(C)C1CCCNC1. The van der Waals surface area contributed by atoms with Crippen LogP contribution < -0.4 is 5.32 Å². The first-order valence-electron chi connectivity index (χ1n) is 7.35. The highest BCUT2D eigenvalue weighted by Crippen LogP contribution is 2.33. The van der Waals surface area contributed by atoms with Crippen molar-refractivity contribution in [1.29, 1.82) is 0 Å². The summed E-state index contributed by atoms with van der Waals surface area (Å²) in [6, 6.07) is 0. The molecule has 1 saturated heterocycles.